The highest BCUT2D eigenvalue weighted by atomic mass is 16.3. The molecule has 8 aromatic carbocycles. The van der Waals surface area contributed by atoms with Gasteiger partial charge in [0.15, 0.2) is 17.5 Å². The zero-order valence-corrected chi connectivity index (χ0v) is 29.2. The molecule has 0 saturated carbocycles. The maximum atomic E-state index is 6.87. The Balaban J connectivity index is 1.18. The van der Waals surface area contributed by atoms with Gasteiger partial charge in [0.2, 0.25) is 0 Å². The molecule has 0 unspecified atom stereocenters. The van der Waals surface area contributed by atoms with Gasteiger partial charge in [-0.05, 0) is 76.5 Å². The molecule has 0 aliphatic rings. The molecule has 0 spiro atoms. The summed E-state index contributed by atoms with van der Waals surface area (Å²) in [5.41, 5.74) is 9.61. The molecule has 5 nitrogen and oxygen atoms in total. The van der Waals surface area contributed by atoms with Gasteiger partial charge in [0.1, 0.15) is 11.2 Å². The van der Waals surface area contributed by atoms with Crippen molar-refractivity contribution in [3.05, 3.63) is 194 Å². The number of aromatic nitrogens is 3. The molecule has 54 heavy (non-hydrogen) atoms. The third-order valence-corrected chi connectivity index (χ3v) is 9.89. The minimum absolute atomic E-state index is 0.555. The Hall–Kier alpha value is -7.37. The van der Waals surface area contributed by atoms with Gasteiger partial charge in [-0.1, -0.05) is 140 Å². The van der Waals surface area contributed by atoms with E-state index in [9.17, 15) is 0 Å². The van der Waals surface area contributed by atoms with E-state index >= 15 is 0 Å². The first-order valence-corrected chi connectivity index (χ1v) is 18.0. The summed E-state index contributed by atoms with van der Waals surface area (Å²) in [6.45, 7) is 0. The second-order valence-electron chi connectivity index (χ2n) is 13.3. The molecule has 0 saturated heterocycles. The van der Waals surface area contributed by atoms with Gasteiger partial charge in [0, 0.05) is 39.0 Å². The number of hydrogen-bond acceptors (Lipinski definition) is 5. The van der Waals surface area contributed by atoms with Gasteiger partial charge in [-0.3, -0.25) is 0 Å². The molecule has 0 bridgehead atoms. The monoisotopic (exact) mass is 692 g/mol. The van der Waals surface area contributed by atoms with Crippen LogP contribution in [0.25, 0.3) is 78.0 Å². The maximum Gasteiger partial charge on any atom is 0.167 e. The third-order valence-electron chi connectivity index (χ3n) is 9.89. The molecule has 254 valence electrons. The maximum absolute atomic E-state index is 6.87. The van der Waals surface area contributed by atoms with Crippen LogP contribution in [0.2, 0.25) is 0 Å². The van der Waals surface area contributed by atoms with Crippen molar-refractivity contribution in [2.45, 2.75) is 0 Å². The van der Waals surface area contributed by atoms with Crippen LogP contribution in [-0.2, 0) is 0 Å². The SMILES string of the molecule is c1ccc(-c2nc(-c3ccccc3)nc(-c3ccc(-c4ccc(N(c5ccccc5)c5ccccc5)cc4)c4c3oc3cc5ccccc5cc34)n2)cc1. The van der Waals surface area contributed by atoms with E-state index in [0.717, 1.165) is 77.6 Å². The molecule has 2 aromatic heterocycles. The predicted molar refractivity (Wildman–Crippen MR) is 221 cm³/mol. The van der Waals surface area contributed by atoms with E-state index in [-0.39, 0.29) is 0 Å². The lowest BCUT2D eigenvalue weighted by Crippen LogP contribution is -2.09. The van der Waals surface area contributed by atoms with Crippen molar-refractivity contribution >= 4 is 49.8 Å². The van der Waals surface area contributed by atoms with Crippen LogP contribution >= 0.6 is 0 Å². The minimum atomic E-state index is 0.555. The molecule has 10 rings (SSSR count). The first kappa shape index (κ1) is 31.4. The summed E-state index contributed by atoms with van der Waals surface area (Å²) in [5, 5.41) is 4.34. The fourth-order valence-electron chi connectivity index (χ4n) is 7.30. The number of furan rings is 1. The lowest BCUT2D eigenvalue weighted by molar-refractivity contribution is 0.670. The van der Waals surface area contributed by atoms with E-state index in [1.165, 1.54) is 0 Å². The quantitative estimate of drug-likeness (QED) is 0.166. The van der Waals surface area contributed by atoms with Crippen LogP contribution in [0.15, 0.2) is 199 Å². The zero-order valence-electron chi connectivity index (χ0n) is 29.2. The van der Waals surface area contributed by atoms with Crippen molar-refractivity contribution in [3.8, 4) is 45.3 Å². The summed E-state index contributed by atoms with van der Waals surface area (Å²) in [6.07, 6.45) is 0. The zero-order chi connectivity index (χ0) is 35.8. The van der Waals surface area contributed by atoms with Gasteiger partial charge in [0.25, 0.3) is 0 Å². The third kappa shape index (κ3) is 5.65. The lowest BCUT2D eigenvalue weighted by atomic mass is 9.95. The fraction of sp³-hybridized carbons (Fsp3) is 0. The summed E-state index contributed by atoms with van der Waals surface area (Å²) < 4.78 is 6.87. The van der Waals surface area contributed by atoms with Crippen molar-refractivity contribution in [2.75, 3.05) is 4.90 Å². The Kier molecular flexibility index (Phi) is 7.73. The standard InChI is InChI=1S/C49H32N4O/c1-5-15-34(16-6-1)47-50-48(35-17-7-2-8-18-35)52-49(51-47)42-30-29-41(45-43-31-36-19-13-14-20-37(36)32-44(43)54-46(42)45)33-25-27-40(28-26-33)53(38-21-9-3-10-22-38)39-23-11-4-12-24-39/h1-32H. The summed E-state index contributed by atoms with van der Waals surface area (Å²) in [7, 11) is 0. The normalized spacial score (nSPS) is 11.3. The molecule has 0 aliphatic heterocycles. The summed E-state index contributed by atoms with van der Waals surface area (Å²) in [4.78, 5) is 17.4. The number of para-hydroxylation sites is 2. The summed E-state index contributed by atoms with van der Waals surface area (Å²) >= 11 is 0. The second kappa shape index (κ2) is 13.3. The first-order chi connectivity index (χ1) is 26.8. The van der Waals surface area contributed by atoms with Gasteiger partial charge in [0.05, 0.1) is 5.56 Å². The second-order valence-corrected chi connectivity index (χ2v) is 13.3. The predicted octanol–water partition coefficient (Wildman–Crippen LogP) is 13.1. The first-order valence-electron chi connectivity index (χ1n) is 18.0. The topological polar surface area (TPSA) is 55.1 Å². The van der Waals surface area contributed by atoms with Crippen LogP contribution in [0.3, 0.4) is 0 Å². The van der Waals surface area contributed by atoms with Gasteiger partial charge < -0.3 is 9.32 Å². The number of rotatable bonds is 7. The van der Waals surface area contributed by atoms with Crippen LogP contribution in [0.4, 0.5) is 17.1 Å². The number of nitrogens with zero attached hydrogens (tertiary/aromatic N) is 4. The number of hydrogen-bond donors (Lipinski definition) is 0. The lowest BCUT2D eigenvalue weighted by Gasteiger charge is -2.25. The molecule has 0 fully saturated rings. The van der Waals surface area contributed by atoms with Crippen LogP contribution < -0.4 is 4.90 Å². The van der Waals surface area contributed by atoms with E-state index in [2.05, 4.69) is 126 Å². The molecule has 2 heterocycles. The smallest absolute Gasteiger partial charge is 0.167 e. The van der Waals surface area contributed by atoms with Gasteiger partial charge in [-0.25, -0.2) is 15.0 Å². The van der Waals surface area contributed by atoms with Crippen LogP contribution in [-0.4, -0.2) is 15.0 Å². The van der Waals surface area contributed by atoms with Crippen LogP contribution in [0, 0.1) is 0 Å². The number of anilines is 3. The highest BCUT2D eigenvalue weighted by Gasteiger charge is 2.22. The van der Waals surface area contributed by atoms with Crippen molar-refractivity contribution < 1.29 is 4.42 Å². The molecular formula is C49H32N4O. The molecule has 0 radical (unpaired) electrons. The van der Waals surface area contributed by atoms with Crippen molar-refractivity contribution in [2.24, 2.45) is 0 Å². The largest absolute Gasteiger partial charge is 0.455 e. The van der Waals surface area contributed by atoms with Gasteiger partial charge in [-0.2, -0.15) is 0 Å². The van der Waals surface area contributed by atoms with E-state index in [1.807, 2.05) is 72.8 Å². The van der Waals surface area contributed by atoms with E-state index in [4.69, 9.17) is 19.4 Å². The average molecular weight is 693 g/mol. The number of benzene rings is 8. The Morgan fingerprint density at radius 2 is 0.833 bits per heavy atom. The molecule has 0 N–H and O–H groups in total. The fourth-order valence-corrected chi connectivity index (χ4v) is 7.30. The van der Waals surface area contributed by atoms with E-state index in [0.29, 0.717) is 17.5 Å². The van der Waals surface area contributed by atoms with E-state index < -0.39 is 0 Å². The van der Waals surface area contributed by atoms with Crippen molar-refractivity contribution in [1.29, 1.82) is 0 Å². The van der Waals surface area contributed by atoms with Crippen molar-refractivity contribution in [3.63, 3.8) is 0 Å². The Labute approximate surface area is 312 Å². The van der Waals surface area contributed by atoms with Crippen LogP contribution in [0.1, 0.15) is 0 Å². The van der Waals surface area contributed by atoms with Crippen molar-refractivity contribution in [1.82, 2.24) is 15.0 Å². The summed E-state index contributed by atoms with van der Waals surface area (Å²) in [6, 6.07) is 66.9. The van der Waals surface area contributed by atoms with Crippen LogP contribution in [0.5, 0.6) is 0 Å². The molecular weight excluding hydrogens is 661 g/mol. The molecule has 0 amide bonds. The average Bonchev–Trinajstić information content (AvgIpc) is 3.62. The number of fused-ring (bicyclic) bond motifs is 4. The Morgan fingerprint density at radius 1 is 0.370 bits per heavy atom. The Morgan fingerprint density at radius 3 is 1.41 bits per heavy atom. The van der Waals surface area contributed by atoms with Gasteiger partial charge in [-0.15, -0.1) is 0 Å². The Bertz CT molecular complexity index is 2810. The van der Waals surface area contributed by atoms with E-state index in [1.54, 1.807) is 0 Å². The summed E-state index contributed by atoms with van der Waals surface area (Å²) in [5.74, 6) is 1.77. The highest BCUT2D eigenvalue weighted by Crippen LogP contribution is 2.44. The van der Waals surface area contributed by atoms with Gasteiger partial charge >= 0.3 is 0 Å². The molecule has 5 heteroatoms. The minimum Gasteiger partial charge on any atom is -0.455 e. The molecule has 10 aromatic rings. The molecule has 0 atom stereocenters. The molecule has 0 aliphatic carbocycles. The highest BCUT2D eigenvalue weighted by molar-refractivity contribution is 6.18.